The SMILES string of the molecule is CC1(C)c2ccccc2-c2cccc(-c3ccccc3N(c3ccc4c(c3)C3(CCCCC3)c3ccccc3-4)c3cccc4c3ccc3ccccc34)c21. The van der Waals surface area contributed by atoms with E-state index in [1.54, 1.807) is 0 Å². The molecule has 0 radical (unpaired) electrons. The molecule has 0 N–H and O–H groups in total. The highest BCUT2D eigenvalue weighted by molar-refractivity contribution is 6.13. The average Bonchev–Trinajstić information content (AvgIpc) is 3.63. The monoisotopic (exact) mass is 693 g/mol. The number of benzene rings is 8. The quantitative estimate of drug-likeness (QED) is 0.166. The van der Waals surface area contributed by atoms with Crippen LogP contribution in [-0.4, -0.2) is 0 Å². The lowest BCUT2D eigenvalue weighted by molar-refractivity contribution is 0.353. The lowest BCUT2D eigenvalue weighted by Gasteiger charge is -2.37. The van der Waals surface area contributed by atoms with Gasteiger partial charge in [-0.25, -0.2) is 0 Å². The molecule has 0 amide bonds. The Balaban J connectivity index is 1.19. The number of fused-ring (bicyclic) bond motifs is 11. The molecule has 3 aliphatic carbocycles. The molecule has 3 aliphatic rings. The van der Waals surface area contributed by atoms with Crippen molar-refractivity contribution in [1.82, 2.24) is 0 Å². The largest absolute Gasteiger partial charge is 0.309 e. The fraction of sp³-hybridized carbons (Fsp3) is 0.170. The number of anilines is 3. The van der Waals surface area contributed by atoms with Gasteiger partial charge in [0, 0.05) is 27.5 Å². The molecule has 1 heteroatoms. The average molecular weight is 694 g/mol. The zero-order chi connectivity index (χ0) is 36.0. The molecular formula is C53H43N. The number of rotatable bonds is 4. The molecule has 0 aliphatic heterocycles. The zero-order valence-electron chi connectivity index (χ0n) is 31.1. The minimum atomic E-state index is -0.133. The Hall–Kier alpha value is -5.92. The van der Waals surface area contributed by atoms with E-state index in [2.05, 4.69) is 183 Å². The Kier molecular flexibility index (Phi) is 6.90. The number of hydrogen-bond donors (Lipinski definition) is 0. The number of hydrogen-bond acceptors (Lipinski definition) is 1. The molecule has 260 valence electrons. The molecule has 8 aromatic carbocycles. The summed E-state index contributed by atoms with van der Waals surface area (Å²) in [5.41, 5.74) is 17.5. The molecule has 8 aromatic rings. The summed E-state index contributed by atoms with van der Waals surface area (Å²) in [6, 6.07) is 62.1. The van der Waals surface area contributed by atoms with Crippen LogP contribution in [0.5, 0.6) is 0 Å². The van der Waals surface area contributed by atoms with Crippen LogP contribution in [0.3, 0.4) is 0 Å². The molecule has 0 saturated heterocycles. The van der Waals surface area contributed by atoms with Crippen molar-refractivity contribution < 1.29 is 0 Å². The van der Waals surface area contributed by atoms with E-state index < -0.39 is 0 Å². The molecule has 0 bridgehead atoms. The lowest BCUT2D eigenvalue weighted by Crippen LogP contribution is -2.28. The molecule has 0 atom stereocenters. The Morgan fingerprint density at radius 3 is 1.83 bits per heavy atom. The summed E-state index contributed by atoms with van der Waals surface area (Å²) < 4.78 is 0. The van der Waals surface area contributed by atoms with Gasteiger partial charge in [0.1, 0.15) is 0 Å². The van der Waals surface area contributed by atoms with E-state index in [1.165, 1.54) is 126 Å². The molecule has 0 unspecified atom stereocenters. The molecule has 1 spiro atoms. The highest BCUT2D eigenvalue weighted by Crippen LogP contribution is 2.58. The van der Waals surface area contributed by atoms with Crippen molar-refractivity contribution in [3.05, 3.63) is 186 Å². The molecule has 0 heterocycles. The fourth-order valence-corrected chi connectivity index (χ4v) is 10.9. The minimum absolute atomic E-state index is 0.0659. The summed E-state index contributed by atoms with van der Waals surface area (Å²) in [5.74, 6) is 0. The van der Waals surface area contributed by atoms with Crippen LogP contribution in [-0.2, 0) is 10.8 Å². The molecular weight excluding hydrogens is 651 g/mol. The van der Waals surface area contributed by atoms with Gasteiger partial charge in [0.25, 0.3) is 0 Å². The van der Waals surface area contributed by atoms with Crippen LogP contribution in [0.1, 0.15) is 68.2 Å². The maximum Gasteiger partial charge on any atom is 0.0540 e. The van der Waals surface area contributed by atoms with Crippen molar-refractivity contribution in [1.29, 1.82) is 0 Å². The highest BCUT2D eigenvalue weighted by atomic mass is 15.1. The standard InChI is InChI=1S/C53H43N/c1-52(2)46-24-9-6-19-40(46)44-22-14-23-45(51(44)52)42-20-8-11-26-49(42)54(50-27-15-21-38-37-17-5-4-16-35(37)28-30-43(38)50)36-29-31-41-39-18-7-10-25-47(39)53(48(41)34-36)32-12-3-13-33-53/h4-11,14-31,34H,3,12-13,32-33H2,1-2H3. The van der Waals surface area contributed by atoms with E-state index in [4.69, 9.17) is 0 Å². The van der Waals surface area contributed by atoms with Crippen molar-refractivity contribution in [2.75, 3.05) is 4.90 Å². The zero-order valence-corrected chi connectivity index (χ0v) is 31.1. The third-order valence-electron chi connectivity index (χ3n) is 13.2. The summed E-state index contributed by atoms with van der Waals surface area (Å²) in [7, 11) is 0. The van der Waals surface area contributed by atoms with Crippen molar-refractivity contribution in [2.24, 2.45) is 0 Å². The second kappa shape index (κ2) is 11.8. The van der Waals surface area contributed by atoms with E-state index >= 15 is 0 Å². The van der Waals surface area contributed by atoms with E-state index in [1.807, 2.05) is 0 Å². The van der Waals surface area contributed by atoms with Gasteiger partial charge in [0.2, 0.25) is 0 Å². The van der Waals surface area contributed by atoms with Crippen molar-refractivity contribution in [2.45, 2.75) is 56.8 Å². The summed E-state index contributed by atoms with van der Waals surface area (Å²) >= 11 is 0. The molecule has 11 rings (SSSR count). The van der Waals surface area contributed by atoms with Crippen molar-refractivity contribution in [3.63, 3.8) is 0 Å². The Morgan fingerprint density at radius 1 is 0.407 bits per heavy atom. The van der Waals surface area contributed by atoms with Gasteiger partial charge in [-0.2, -0.15) is 0 Å². The van der Waals surface area contributed by atoms with Gasteiger partial charge in [-0.3, -0.25) is 0 Å². The maximum absolute atomic E-state index is 2.58. The highest BCUT2D eigenvalue weighted by Gasteiger charge is 2.44. The van der Waals surface area contributed by atoms with Gasteiger partial charge in [-0.15, -0.1) is 0 Å². The van der Waals surface area contributed by atoms with Crippen LogP contribution in [0.2, 0.25) is 0 Å². The fourth-order valence-electron chi connectivity index (χ4n) is 10.9. The molecule has 54 heavy (non-hydrogen) atoms. The first kappa shape index (κ1) is 31.6. The van der Waals surface area contributed by atoms with Crippen LogP contribution in [0.15, 0.2) is 164 Å². The Morgan fingerprint density at radius 2 is 1.00 bits per heavy atom. The van der Waals surface area contributed by atoms with Crippen molar-refractivity contribution >= 4 is 38.6 Å². The summed E-state index contributed by atoms with van der Waals surface area (Å²) in [4.78, 5) is 2.58. The summed E-state index contributed by atoms with van der Waals surface area (Å²) in [6.07, 6.45) is 6.30. The van der Waals surface area contributed by atoms with Gasteiger partial charge in [0.05, 0.1) is 11.4 Å². The molecule has 0 aromatic heterocycles. The maximum atomic E-state index is 2.58. The Labute approximate surface area is 318 Å². The molecule has 1 fully saturated rings. The summed E-state index contributed by atoms with van der Waals surface area (Å²) in [6.45, 7) is 4.80. The van der Waals surface area contributed by atoms with Crippen LogP contribution in [0.4, 0.5) is 17.1 Å². The van der Waals surface area contributed by atoms with Crippen LogP contribution in [0, 0.1) is 0 Å². The first-order valence-corrected chi connectivity index (χ1v) is 19.8. The third kappa shape index (κ3) is 4.39. The van der Waals surface area contributed by atoms with Crippen LogP contribution >= 0.6 is 0 Å². The Bertz CT molecular complexity index is 2800. The van der Waals surface area contributed by atoms with Gasteiger partial charge in [-0.1, -0.05) is 173 Å². The van der Waals surface area contributed by atoms with E-state index in [-0.39, 0.29) is 10.8 Å². The third-order valence-corrected chi connectivity index (χ3v) is 13.2. The first-order valence-electron chi connectivity index (χ1n) is 19.8. The second-order valence-corrected chi connectivity index (χ2v) is 16.3. The van der Waals surface area contributed by atoms with Crippen LogP contribution < -0.4 is 4.90 Å². The lowest BCUT2D eigenvalue weighted by atomic mass is 9.68. The van der Waals surface area contributed by atoms with Gasteiger partial charge in [-0.05, 0) is 103 Å². The smallest absolute Gasteiger partial charge is 0.0540 e. The second-order valence-electron chi connectivity index (χ2n) is 16.3. The van der Waals surface area contributed by atoms with Crippen molar-refractivity contribution in [3.8, 4) is 33.4 Å². The molecule has 1 saturated carbocycles. The van der Waals surface area contributed by atoms with Gasteiger partial charge >= 0.3 is 0 Å². The predicted octanol–water partition coefficient (Wildman–Crippen LogP) is 14.7. The minimum Gasteiger partial charge on any atom is -0.309 e. The van der Waals surface area contributed by atoms with E-state index in [9.17, 15) is 0 Å². The van der Waals surface area contributed by atoms with Crippen LogP contribution in [0.25, 0.3) is 54.9 Å². The van der Waals surface area contributed by atoms with Gasteiger partial charge < -0.3 is 4.90 Å². The van der Waals surface area contributed by atoms with Gasteiger partial charge in [0.15, 0.2) is 0 Å². The van der Waals surface area contributed by atoms with E-state index in [0.29, 0.717) is 0 Å². The normalized spacial score (nSPS) is 15.9. The first-order chi connectivity index (χ1) is 26.5. The summed E-state index contributed by atoms with van der Waals surface area (Å²) in [5, 5.41) is 5.09. The van der Waals surface area contributed by atoms with E-state index in [0.717, 1.165) is 0 Å². The predicted molar refractivity (Wildman–Crippen MR) is 228 cm³/mol. The topological polar surface area (TPSA) is 3.24 Å². The number of nitrogens with zero attached hydrogens (tertiary/aromatic N) is 1. The number of para-hydroxylation sites is 1. The molecule has 1 nitrogen and oxygen atoms in total.